The molecule has 0 heterocycles. The van der Waals surface area contributed by atoms with Crippen LogP contribution >= 0.6 is 0 Å². The van der Waals surface area contributed by atoms with Crippen molar-refractivity contribution in [2.75, 3.05) is 0 Å². The number of Topliss-reactive ketones (excluding diaryl/α,β-unsaturated/α-hetero) is 4. The zero-order chi connectivity index (χ0) is 17.4. The molecule has 0 radical (unpaired) electrons. The van der Waals surface area contributed by atoms with Crippen LogP contribution in [0.4, 0.5) is 0 Å². The van der Waals surface area contributed by atoms with Gasteiger partial charge in [0.2, 0.25) is 17.3 Å². The summed E-state index contributed by atoms with van der Waals surface area (Å²) in [5.74, 6) is -1.07. The third-order valence-corrected chi connectivity index (χ3v) is 5.62. The summed E-state index contributed by atoms with van der Waals surface area (Å²) in [4.78, 5) is 44.6. The molecule has 4 nitrogen and oxygen atoms in total. The molecular formula is C19H22O4. The molecule has 0 amide bonds. The molecule has 2 aliphatic rings. The second-order valence-corrected chi connectivity index (χ2v) is 7.09. The molecule has 2 atom stereocenters. The number of rotatable bonds is 2. The minimum absolute atomic E-state index is 0.00926. The van der Waals surface area contributed by atoms with Crippen LogP contribution in [0.1, 0.15) is 50.9 Å². The van der Waals surface area contributed by atoms with E-state index < -0.39 is 11.6 Å². The molecule has 2 unspecified atom stereocenters. The molecule has 0 N–H and O–H groups in total. The van der Waals surface area contributed by atoms with E-state index in [-0.39, 0.29) is 28.3 Å². The molecule has 2 saturated carbocycles. The Morgan fingerprint density at radius 1 is 1.04 bits per heavy atom. The second-order valence-electron chi connectivity index (χ2n) is 7.09. The molecule has 2 bridgehead atoms. The Bertz CT molecular complexity index is 672. The van der Waals surface area contributed by atoms with Crippen LogP contribution in [-0.2, 0) is 14.4 Å². The smallest absolute Gasteiger partial charge is 0.228 e. The summed E-state index contributed by atoms with van der Waals surface area (Å²) < 4.78 is 0. The lowest BCUT2D eigenvalue weighted by atomic mass is 9.70. The largest absolute Gasteiger partial charge is 0.291 e. The lowest BCUT2D eigenvalue weighted by Crippen LogP contribution is -2.33. The molecule has 2 fully saturated rings. The quantitative estimate of drug-likeness (QED) is 0.621. The van der Waals surface area contributed by atoms with Gasteiger partial charge in [0, 0.05) is 23.8 Å². The number of hydrogen-bond donors (Lipinski definition) is 0. The lowest BCUT2D eigenvalue weighted by molar-refractivity contribution is -0.141. The average Bonchev–Trinajstić information content (AvgIpc) is 2.82. The number of hydrogen-bond acceptors (Lipinski definition) is 4. The van der Waals surface area contributed by atoms with Crippen LogP contribution in [0.2, 0.25) is 0 Å². The molecule has 2 aliphatic carbocycles. The average molecular weight is 314 g/mol. The van der Waals surface area contributed by atoms with Gasteiger partial charge in [-0.15, -0.1) is 0 Å². The highest BCUT2D eigenvalue weighted by atomic mass is 16.2. The van der Waals surface area contributed by atoms with E-state index in [1.165, 1.54) is 6.92 Å². The fourth-order valence-corrected chi connectivity index (χ4v) is 3.59. The topological polar surface area (TPSA) is 68.3 Å². The van der Waals surface area contributed by atoms with Gasteiger partial charge in [0.05, 0.1) is 0 Å². The van der Waals surface area contributed by atoms with Crippen LogP contribution in [0.3, 0.4) is 0 Å². The van der Waals surface area contributed by atoms with Crippen molar-refractivity contribution in [3.63, 3.8) is 0 Å². The summed E-state index contributed by atoms with van der Waals surface area (Å²) in [6.07, 6.45) is 1.81. The molecule has 0 aliphatic heterocycles. The van der Waals surface area contributed by atoms with Crippen LogP contribution in [0.25, 0.3) is 0 Å². The highest BCUT2D eigenvalue weighted by Crippen LogP contribution is 2.61. The van der Waals surface area contributed by atoms with E-state index >= 15 is 0 Å². The van der Waals surface area contributed by atoms with Gasteiger partial charge in [-0.1, -0.05) is 51.1 Å². The molecule has 0 aromatic heterocycles. The Balaban J connectivity index is 0.000000168. The van der Waals surface area contributed by atoms with Crippen LogP contribution < -0.4 is 0 Å². The van der Waals surface area contributed by atoms with E-state index in [1.807, 2.05) is 20.8 Å². The molecular weight excluding hydrogens is 292 g/mol. The zero-order valence-electron chi connectivity index (χ0n) is 14.0. The summed E-state index contributed by atoms with van der Waals surface area (Å²) in [5, 5.41) is 0. The van der Waals surface area contributed by atoms with Crippen molar-refractivity contribution in [3.8, 4) is 0 Å². The first kappa shape index (κ1) is 17.3. The fraction of sp³-hybridized carbons (Fsp3) is 0.474. The maximum absolute atomic E-state index is 11.6. The molecule has 1 aromatic rings. The van der Waals surface area contributed by atoms with Gasteiger partial charge in [-0.3, -0.25) is 19.2 Å². The summed E-state index contributed by atoms with van der Waals surface area (Å²) in [6, 6.07) is 8.52. The molecule has 0 saturated heterocycles. The third kappa shape index (κ3) is 2.67. The summed E-state index contributed by atoms with van der Waals surface area (Å²) >= 11 is 0. The van der Waals surface area contributed by atoms with Crippen LogP contribution in [0.15, 0.2) is 30.3 Å². The van der Waals surface area contributed by atoms with Crippen molar-refractivity contribution >= 4 is 23.1 Å². The standard InChI is InChI=1S/C10H14O2.C9H8O2/c1-9(2)6-4-5-10(9,3)8(12)7(6)11;1-7(10)9(11)8-5-3-2-4-6-8/h6H,4-5H2,1-3H3;2-6H,1H3. The minimum atomic E-state index is -0.425. The molecule has 1 aromatic carbocycles. The SMILES string of the molecule is CC(=O)C(=O)c1ccccc1.CC12CCC(C(=O)C1=O)C2(C)C. The van der Waals surface area contributed by atoms with E-state index in [0.717, 1.165) is 12.8 Å². The fourth-order valence-electron chi connectivity index (χ4n) is 3.59. The third-order valence-electron chi connectivity index (χ3n) is 5.62. The Labute approximate surface area is 136 Å². The molecule has 3 rings (SSSR count). The van der Waals surface area contributed by atoms with Gasteiger partial charge in [0.25, 0.3) is 0 Å². The van der Waals surface area contributed by atoms with E-state index in [4.69, 9.17) is 0 Å². The Morgan fingerprint density at radius 2 is 1.61 bits per heavy atom. The monoisotopic (exact) mass is 314 g/mol. The van der Waals surface area contributed by atoms with Gasteiger partial charge in [-0.05, 0) is 18.3 Å². The maximum atomic E-state index is 11.6. The van der Waals surface area contributed by atoms with Gasteiger partial charge in [-0.25, -0.2) is 0 Å². The van der Waals surface area contributed by atoms with E-state index in [9.17, 15) is 19.2 Å². The summed E-state index contributed by atoms with van der Waals surface area (Å²) in [7, 11) is 0. The highest BCUT2D eigenvalue weighted by molar-refractivity contribution is 6.43. The lowest BCUT2D eigenvalue weighted by Gasteiger charge is -2.31. The number of benzene rings is 1. The number of ketones is 4. The van der Waals surface area contributed by atoms with Crippen molar-refractivity contribution in [2.45, 2.75) is 40.5 Å². The predicted molar refractivity (Wildman–Crippen MR) is 86.1 cm³/mol. The maximum Gasteiger partial charge on any atom is 0.228 e. The number of fused-ring (bicyclic) bond motifs is 2. The van der Waals surface area contributed by atoms with Crippen LogP contribution in [0, 0.1) is 16.7 Å². The first-order valence-corrected chi connectivity index (χ1v) is 7.82. The van der Waals surface area contributed by atoms with Crippen LogP contribution in [-0.4, -0.2) is 23.1 Å². The van der Waals surface area contributed by atoms with Crippen molar-refractivity contribution in [1.82, 2.24) is 0 Å². The minimum Gasteiger partial charge on any atom is -0.291 e. The van der Waals surface area contributed by atoms with Gasteiger partial charge < -0.3 is 0 Å². The zero-order valence-corrected chi connectivity index (χ0v) is 14.0. The van der Waals surface area contributed by atoms with E-state index in [2.05, 4.69) is 0 Å². The highest BCUT2D eigenvalue weighted by Gasteiger charge is 2.66. The number of carbonyl (C=O) groups excluding carboxylic acids is 4. The molecule has 0 spiro atoms. The number of carbonyl (C=O) groups is 4. The van der Waals surface area contributed by atoms with Crippen molar-refractivity contribution < 1.29 is 19.2 Å². The first-order chi connectivity index (χ1) is 10.6. The summed E-state index contributed by atoms with van der Waals surface area (Å²) in [6.45, 7) is 7.32. The Kier molecular flexibility index (Phi) is 4.38. The second kappa shape index (κ2) is 5.84. The molecule has 4 heteroatoms. The summed E-state index contributed by atoms with van der Waals surface area (Å²) in [5.41, 5.74) is 0.00984. The molecule has 23 heavy (non-hydrogen) atoms. The van der Waals surface area contributed by atoms with Gasteiger partial charge in [-0.2, -0.15) is 0 Å². The first-order valence-electron chi connectivity index (χ1n) is 7.82. The predicted octanol–water partition coefficient (Wildman–Crippen LogP) is 3.04. The van der Waals surface area contributed by atoms with Gasteiger partial charge in [0.1, 0.15) is 0 Å². The Hall–Kier alpha value is -2.10. The van der Waals surface area contributed by atoms with Gasteiger partial charge >= 0.3 is 0 Å². The van der Waals surface area contributed by atoms with Crippen molar-refractivity contribution in [3.05, 3.63) is 35.9 Å². The van der Waals surface area contributed by atoms with Crippen molar-refractivity contribution in [2.24, 2.45) is 16.7 Å². The normalized spacial score (nSPS) is 27.4. The van der Waals surface area contributed by atoms with Crippen LogP contribution in [0.5, 0.6) is 0 Å². The Morgan fingerprint density at radius 3 is 1.96 bits per heavy atom. The molecule has 122 valence electrons. The van der Waals surface area contributed by atoms with Crippen molar-refractivity contribution in [1.29, 1.82) is 0 Å². The van der Waals surface area contributed by atoms with E-state index in [0.29, 0.717) is 5.56 Å². The van der Waals surface area contributed by atoms with E-state index in [1.54, 1.807) is 30.3 Å². The van der Waals surface area contributed by atoms with Gasteiger partial charge in [0.15, 0.2) is 5.78 Å².